The van der Waals surface area contributed by atoms with Crippen LogP contribution in [0.1, 0.15) is 53.2 Å². The minimum absolute atomic E-state index is 0.0777. The topological polar surface area (TPSA) is 91.6 Å². The molecule has 0 saturated heterocycles. The summed E-state index contributed by atoms with van der Waals surface area (Å²) in [4.78, 5) is 27.8. The van der Waals surface area contributed by atoms with Crippen LogP contribution in [0.2, 0.25) is 0 Å². The van der Waals surface area contributed by atoms with Gasteiger partial charge in [-0.1, -0.05) is 23.8 Å². The maximum atomic E-state index is 14.0. The third-order valence-electron chi connectivity index (χ3n) is 6.93. The Hall–Kier alpha value is -3.34. The molecule has 1 saturated carbocycles. The molecule has 178 valence electrons. The molecule has 1 amide bonds. The molecule has 0 atom stereocenters. The van der Waals surface area contributed by atoms with Crippen LogP contribution in [0.4, 0.5) is 8.78 Å². The van der Waals surface area contributed by atoms with Gasteiger partial charge in [0, 0.05) is 32.8 Å². The van der Waals surface area contributed by atoms with Gasteiger partial charge in [0.15, 0.2) is 16.5 Å². The molecular weight excluding hydrogens is 464 g/mol. The van der Waals surface area contributed by atoms with E-state index >= 15 is 0 Å². The fourth-order valence-electron chi connectivity index (χ4n) is 4.98. The summed E-state index contributed by atoms with van der Waals surface area (Å²) in [5, 5.41) is 21.4. The molecule has 1 aliphatic carbocycles. The number of nitrogens with zero attached hydrogens (tertiary/aromatic N) is 5. The first-order valence-corrected chi connectivity index (χ1v) is 11.8. The van der Waals surface area contributed by atoms with E-state index in [0.717, 1.165) is 49.5 Å². The highest BCUT2D eigenvalue weighted by molar-refractivity contribution is 7.14. The Balaban J connectivity index is 1.56. The van der Waals surface area contributed by atoms with Crippen LogP contribution in [0.5, 0.6) is 5.75 Å². The van der Waals surface area contributed by atoms with E-state index in [4.69, 9.17) is 0 Å². The van der Waals surface area contributed by atoms with E-state index in [2.05, 4.69) is 10.2 Å². The number of hydrogen-bond donors (Lipinski definition) is 1. The summed E-state index contributed by atoms with van der Waals surface area (Å²) >= 11 is 1.08. The molecule has 3 heterocycles. The Morgan fingerprint density at radius 1 is 1.12 bits per heavy atom. The molecule has 3 aromatic rings. The lowest BCUT2D eigenvalue weighted by atomic mass is 9.86. The van der Waals surface area contributed by atoms with Crippen molar-refractivity contribution in [3.8, 4) is 16.3 Å². The molecule has 0 unspecified atom stereocenters. The summed E-state index contributed by atoms with van der Waals surface area (Å²) in [6.45, 7) is 0. The van der Waals surface area contributed by atoms with E-state index in [0.29, 0.717) is 5.01 Å². The Labute approximate surface area is 198 Å². The number of rotatable bonds is 3. The molecule has 8 nitrogen and oxygen atoms in total. The van der Waals surface area contributed by atoms with Crippen LogP contribution < -0.4 is 10.4 Å². The Morgan fingerprint density at radius 3 is 2.56 bits per heavy atom. The summed E-state index contributed by atoms with van der Waals surface area (Å²) in [6, 6.07) is 3.31. The maximum Gasteiger partial charge on any atom is 0.278 e. The summed E-state index contributed by atoms with van der Waals surface area (Å²) in [6.07, 6.45) is 6.17. The quantitative estimate of drug-likeness (QED) is 0.610. The van der Waals surface area contributed by atoms with Gasteiger partial charge in [-0.25, -0.2) is 8.78 Å². The molecule has 34 heavy (non-hydrogen) atoms. The van der Waals surface area contributed by atoms with Gasteiger partial charge in [-0.2, -0.15) is 0 Å². The second-order valence-electron chi connectivity index (χ2n) is 8.76. The van der Waals surface area contributed by atoms with Gasteiger partial charge in [-0.15, -0.1) is 10.2 Å². The van der Waals surface area contributed by atoms with Crippen molar-refractivity contribution in [2.45, 2.75) is 44.2 Å². The number of pyridine rings is 1. The van der Waals surface area contributed by atoms with Crippen molar-refractivity contribution in [1.82, 2.24) is 19.8 Å². The van der Waals surface area contributed by atoms with Gasteiger partial charge in [-0.05, 0) is 37.3 Å². The van der Waals surface area contributed by atoms with Gasteiger partial charge >= 0.3 is 0 Å². The molecule has 11 heteroatoms. The van der Waals surface area contributed by atoms with Crippen LogP contribution in [0.25, 0.3) is 10.6 Å². The zero-order chi connectivity index (χ0) is 24.2. The van der Waals surface area contributed by atoms with E-state index in [-0.39, 0.29) is 28.2 Å². The molecule has 1 aliphatic heterocycles. The molecule has 2 aliphatic rings. The third kappa shape index (κ3) is 3.37. The highest BCUT2D eigenvalue weighted by atomic mass is 32.1. The van der Waals surface area contributed by atoms with E-state index < -0.39 is 34.4 Å². The number of amides is 1. The molecule has 5 rings (SSSR count). The van der Waals surface area contributed by atoms with Crippen molar-refractivity contribution < 1.29 is 18.7 Å². The average molecular weight is 488 g/mol. The van der Waals surface area contributed by atoms with Crippen molar-refractivity contribution in [3.63, 3.8) is 0 Å². The third-order valence-corrected chi connectivity index (χ3v) is 7.89. The average Bonchev–Trinajstić information content (AvgIpc) is 3.29. The molecule has 1 N–H and O–H groups in total. The predicted octanol–water partition coefficient (Wildman–Crippen LogP) is 3.26. The Morgan fingerprint density at radius 2 is 1.85 bits per heavy atom. The number of halogens is 2. The van der Waals surface area contributed by atoms with Gasteiger partial charge in [0.05, 0.1) is 5.56 Å². The lowest BCUT2D eigenvalue weighted by Crippen LogP contribution is -2.68. The number of carbonyl (C=O) groups excluding carboxylic acids is 1. The number of benzene rings is 1. The van der Waals surface area contributed by atoms with E-state index in [1.807, 2.05) is 12.1 Å². The van der Waals surface area contributed by atoms with Crippen LogP contribution in [0.15, 0.2) is 29.2 Å². The highest BCUT2D eigenvalue weighted by Gasteiger charge is 2.48. The lowest BCUT2D eigenvalue weighted by molar-refractivity contribution is 0.0242. The lowest BCUT2D eigenvalue weighted by Gasteiger charge is -2.54. The van der Waals surface area contributed by atoms with Crippen LogP contribution >= 0.6 is 11.3 Å². The monoisotopic (exact) mass is 487 g/mol. The van der Waals surface area contributed by atoms with Crippen molar-refractivity contribution in [2.24, 2.45) is 0 Å². The van der Waals surface area contributed by atoms with Crippen molar-refractivity contribution in [3.05, 3.63) is 62.5 Å². The summed E-state index contributed by atoms with van der Waals surface area (Å²) in [7, 11) is 3.55. The van der Waals surface area contributed by atoms with Gasteiger partial charge in [0.25, 0.3) is 5.91 Å². The summed E-state index contributed by atoms with van der Waals surface area (Å²) in [5.41, 5.74) is -1.01. The van der Waals surface area contributed by atoms with E-state index in [1.165, 1.54) is 18.3 Å². The number of carbonyl (C=O) groups is 1. The van der Waals surface area contributed by atoms with Gasteiger partial charge in [0.1, 0.15) is 22.3 Å². The fraction of sp³-hybridized carbons (Fsp3) is 0.391. The molecule has 1 aromatic carbocycles. The SMILES string of the molecule is CN1C(=O)c2c(O)c(=O)c(-c3nnc(Cc4ccc(F)cc4F)s3)cn2N(C)C12CCCCC2. The predicted molar refractivity (Wildman–Crippen MR) is 122 cm³/mol. The van der Waals surface area contributed by atoms with Crippen molar-refractivity contribution >= 4 is 17.2 Å². The number of fused-ring (bicyclic) bond motifs is 1. The number of aromatic nitrogens is 3. The first kappa shape index (κ1) is 22.5. The molecule has 2 aromatic heterocycles. The molecule has 1 fully saturated rings. The second-order valence-corrected chi connectivity index (χ2v) is 9.82. The van der Waals surface area contributed by atoms with E-state index in [1.54, 1.807) is 16.6 Å². The minimum atomic E-state index is -0.725. The minimum Gasteiger partial charge on any atom is -0.502 e. The highest BCUT2D eigenvalue weighted by Crippen LogP contribution is 2.40. The Bertz CT molecular complexity index is 1350. The number of aromatic hydroxyl groups is 1. The number of hydrogen-bond acceptors (Lipinski definition) is 7. The van der Waals surface area contributed by atoms with Crippen molar-refractivity contribution in [2.75, 3.05) is 19.1 Å². The first-order chi connectivity index (χ1) is 16.2. The first-order valence-electron chi connectivity index (χ1n) is 11.0. The Kier molecular flexibility index (Phi) is 5.38. The van der Waals surface area contributed by atoms with Crippen LogP contribution in [0.3, 0.4) is 0 Å². The summed E-state index contributed by atoms with van der Waals surface area (Å²) < 4.78 is 28.8. The van der Waals surface area contributed by atoms with Crippen LogP contribution in [0, 0.1) is 11.6 Å². The van der Waals surface area contributed by atoms with Crippen LogP contribution in [-0.4, -0.2) is 50.5 Å². The standard InChI is InChI=1S/C23H23F2N5O3S/c1-28-22(33)18-20(32)19(31)15(12-30(18)29(2)23(28)8-4-3-5-9-23)21-27-26-17(34-21)10-13-6-7-14(24)11-16(13)25/h6-7,11-12,32H,3-5,8-10H2,1-2H3. The van der Waals surface area contributed by atoms with Gasteiger partial charge < -0.3 is 10.0 Å². The van der Waals surface area contributed by atoms with Crippen LogP contribution in [-0.2, 0) is 6.42 Å². The second kappa shape index (κ2) is 8.15. The van der Waals surface area contributed by atoms with Gasteiger partial charge in [0.2, 0.25) is 5.43 Å². The molecule has 0 radical (unpaired) electrons. The zero-order valence-electron chi connectivity index (χ0n) is 18.7. The normalized spacial score (nSPS) is 17.4. The molecule has 0 bridgehead atoms. The molecule has 1 spiro atoms. The molecular formula is C23H23F2N5O3S. The van der Waals surface area contributed by atoms with E-state index in [9.17, 15) is 23.5 Å². The van der Waals surface area contributed by atoms with Crippen molar-refractivity contribution in [1.29, 1.82) is 0 Å². The zero-order valence-corrected chi connectivity index (χ0v) is 19.5. The summed E-state index contributed by atoms with van der Waals surface area (Å²) in [5.74, 6) is -2.42. The van der Waals surface area contributed by atoms with Gasteiger partial charge in [-0.3, -0.25) is 19.3 Å². The smallest absolute Gasteiger partial charge is 0.278 e. The fourth-order valence-corrected chi connectivity index (χ4v) is 5.85. The maximum absolute atomic E-state index is 14.0. The largest absolute Gasteiger partial charge is 0.502 e.